The van der Waals surface area contributed by atoms with E-state index in [1.165, 1.54) is 11.3 Å². The highest BCUT2D eigenvalue weighted by atomic mass is 32.1. The Kier molecular flexibility index (Phi) is 7.26. The van der Waals surface area contributed by atoms with Gasteiger partial charge in [0.1, 0.15) is 10.6 Å². The highest BCUT2D eigenvalue weighted by molar-refractivity contribution is 7.15. The van der Waals surface area contributed by atoms with Gasteiger partial charge in [-0.25, -0.2) is 4.79 Å². The molecule has 2 N–H and O–H groups in total. The summed E-state index contributed by atoms with van der Waals surface area (Å²) in [4.78, 5) is 37.3. The minimum absolute atomic E-state index is 0.291. The van der Waals surface area contributed by atoms with Crippen molar-refractivity contribution >= 4 is 34.2 Å². The molecule has 3 rings (SSSR count). The number of hydrogen-bond acceptors (Lipinski definition) is 5. The van der Waals surface area contributed by atoms with E-state index < -0.39 is 23.8 Å². The number of ether oxygens (including phenoxy) is 1. The number of anilines is 1. The Balaban J connectivity index is 1.91. The number of carbonyl (C=O) groups excluding carboxylic acids is 2. The van der Waals surface area contributed by atoms with Gasteiger partial charge in [-0.2, -0.15) is 0 Å². The van der Waals surface area contributed by atoms with E-state index in [-0.39, 0.29) is 5.91 Å². The van der Waals surface area contributed by atoms with Crippen LogP contribution < -0.4 is 5.32 Å². The van der Waals surface area contributed by atoms with Crippen LogP contribution >= 0.6 is 11.3 Å². The van der Waals surface area contributed by atoms with Gasteiger partial charge in [-0.05, 0) is 31.7 Å². The van der Waals surface area contributed by atoms with Gasteiger partial charge in [0.25, 0.3) is 0 Å². The van der Waals surface area contributed by atoms with Crippen molar-refractivity contribution in [1.29, 1.82) is 0 Å². The maximum atomic E-state index is 12.9. The number of thiophene rings is 1. The van der Waals surface area contributed by atoms with Crippen molar-refractivity contribution in [2.75, 3.05) is 11.9 Å². The second-order valence-corrected chi connectivity index (χ2v) is 8.56. The maximum absolute atomic E-state index is 12.9. The van der Waals surface area contributed by atoms with Gasteiger partial charge in [0.05, 0.1) is 18.4 Å². The summed E-state index contributed by atoms with van der Waals surface area (Å²) in [6.45, 7) is 4.20. The maximum Gasteiger partial charge on any atom is 0.341 e. The van der Waals surface area contributed by atoms with E-state index in [9.17, 15) is 19.5 Å². The molecule has 160 valence electrons. The topological polar surface area (TPSA) is 92.7 Å². The van der Waals surface area contributed by atoms with Gasteiger partial charge in [-0.1, -0.05) is 49.6 Å². The Labute approximate surface area is 180 Å². The van der Waals surface area contributed by atoms with E-state index >= 15 is 0 Å². The fraction of sp³-hybridized carbons (Fsp3) is 0.435. The summed E-state index contributed by atoms with van der Waals surface area (Å²) in [5.74, 6) is -3.05. The molecule has 1 heterocycles. The highest BCUT2D eigenvalue weighted by Crippen LogP contribution is 2.38. The number of carboxylic acid groups (broad SMARTS) is 1. The van der Waals surface area contributed by atoms with Gasteiger partial charge in [0, 0.05) is 10.9 Å². The molecule has 0 unspecified atom stereocenters. The van der Waals surface area contributed by atoms with Crippen LogP contribution in [0.15, 0.2) is 29.6 Å². The molecule has 0 spiro atoms. The largest absolute Gasteiger partial charge is 0.481 e. The molecule has 6 nitrogen and oxygen atoms in total. The molecule has 1 saturated carbocycles. The Morgan fingerprint density at radius 3 is 2.43 bits per heavy atom. The summed E-state index contributed by atoms with van der Waals surface area (Å²) < 4.78 is 5.37. The number of aliphatic carboxylic acids is 1. The van der Waals surface area contributed by atoms with Crippen LogP contribution in [-0.2, 0) is 14.3 Å². The fourth-order valence-electron chi connectivity index (χ4n) is 3.81. The van der Waals surface area contributed by atoms with E-state index in [1.54, 1.807) is 0 Å². The SMILES string of the molecule is CCCOC(=O)c1c(-c2ccc(C)cc2)csc1NC(=O)[C@@H]1CCCC[C@@H]1C(=O)O. The molecule has 1 fully saturated rings. The summed E-state index contributed by atoms with van der Waals surface area (Å²) >= 11 is 1.26. The molecule has 1 aromatic heterocycles. The minimum Gasteiger partial charge on any atom is -0.481 e. The molecule has 1 aliphatic carbocycles. The smallest absolute Gasteiger partial charge is 0.341 e. The number of rotatable bonds is 7. The minimum atomic E-state index is -0.941. The first kappa shape index (κ1) is 22.0. The quantitative estimate of drug-likeness (QED) is 0.596. The zero-order chi connectivity index (χ0) is 21.7. The van der Waals surface area contributed by atoms with Gasteiger partial charge in [0.2, 0.25) is 5.91 Å². The van der Waals surface area contributed by atoms with E-state index in [0.717, 1.165) is 24.0 Å². The molecular formula is C23H27NO5S. The van der Waals surface area contributed by atoms with E-state index in [0.29, 0.717) is 42.0 Å². The Morgan fingerprint density at radius 1 is 1.13 bits per heavy atom. The first-order valence-electron chi connectivity index (χ1n) is 10.3. The fourth-order valence-corrected chi connectivity index (χ4v) is 4.77. The molecule has 7 heteroatoms. The van der Waals surface area contributed by atoms with Gasteiger partial charge >= 0.3 is 11.9 Å². The van der Waals surface area contributed by atoms with Crippen LogP contribution in [-0.4, -0.2) is 29.6 Å². The molecule has 1 aliphatic rings. The standard InChI is InChI=1S/C23H27NO5S/c1-3-12-29-23(28)19-18(15-10-8-14(2)9-11-15)13-30-21(19)24-20(25)16-6-4-5-7-17(16)22(26)27/h8-11,13,16-17H,3-7,12H2,1-2H3,(H,24,25)(H,26,27)/t16-,17+/m1/s1. The second-order valence-electron chi connectivity index (χ2n) is 7.68. The zero-order valence-electron chi connectivity index (χ0n) is 17.3. The van der Waals surface area contributed by atoms with Crippen LogP contribution in [0.5, 0.6) is 0 Å². The molecule has 0 saturated heterocycles. The molecule has 1 amide bonds. The van der Waals surface area contributed by atoms with Crippen LogP contribution in [0.2, 0.25) is 0 Å². The third-order valence-corrected chi connectivity index (χ3v) is 6.35. The molecular weight excluding hydrogens is 402 g/mol. The van der Waals surface area contributed by atoms with Crippen LogP contribution in [0.1, 0.15) is 54.9 Å². The zero-order valence-corrected chi connectivity index (χ0v) is 18.1. The van der Waals surface area contributed by atoms with Crippen LogP contribution in [0.4, 0.5) is 5.00 Å². The van der Waals surface area contributed by atoms with Crippen molar-refractivity contribution < 1.29 is 24.2 Å². The number of nitrogens with one attached hydrogen (secondary N) is 1. The molecule has 2 atom stereocenters. The molecule has 0 aliphatic heterocycles. The number of aryl methyl sites for hydroxylation is 1. The van der Waals surface area contributed by atoms with E-state index in [4.69, 9.17) is 4.74 Å². The Morgan fingerprint density at radius 2 is 1.80 bits per heavy atom. The lowest BCUT2D eigenvalue weighted by atomic mass is 9.79. The lowest BCUT2D eigenvalue weighted by Gasteiger charge is -2.27. The molecule has 1 aromatic carbocycles. The first-order chi connectivity index (χ1) is 14.4. The first-order valence-corrected chi connectivity index (χ1v) is 11.2. The Hall–Kier alpha value is -2.67. The highest BCUT2D eigenvalue weighted by Gasteiger charge is 2.36. The second kappa shape index (κ2) is 9.89. The predicted molar refractivity (Wildman–Crippen MR) is 117 cm³/mol. The van der Waals surface area contributed by atoms with E-state index in [1.807, 2.05) is 43.5 Å². The van der Waals surface area contributed by atoms with Gasteiger partial charge < -0.3 is 15.2 Å². The summed E-state index contributed by atoms with van der Waals surface area (Å²) in [5, 5.41) is 14.6. The van der Waals surface area contributed by atoms with Gasteiger partial charge in [-0.15, -0.1) is 11.3 Å². The predicted octanol–water partition coefficient (Wildman–Crippen LogP) is 5.12. The summed E-state index contributed by atoms with van der Waals surface area (Å²) in [6.07, 6.45) is 3.37. The number of carbonyl (C=O) groups is 3. The molecule has 30 heavy (non-hydrogen) atoms. The van der Waals surface area contributed by atoms with Crippen molar-refractivity contribution in [1.82, 2.24) is 0 Å². The van der Waals surface area contributed by atoms with Crippen LogP contribution in [0.25, 0.3) is 11.1 Å². The summed E-state index contributed by atoms with van der Waals surface area (Å²) in [6, 6.07) is 7.79. The lowest BCUT2D eigenvalue weighted by molar-refractivity contribution is -0.147. The third kappa shape index (κ3) is 4.90. The van der Waals surface area contributed by atoms with Gasteiger partial charge in [0.15, 0.2) is 0 Å². The molecule has 2 aromatic rings. The third-order valence-electron chi connectivity index (χ3n) is 5.45. The average Bonchev–Trinajstić information content (AvgIpc) is 3.16. The summed E-state index contributed by atoms with van der Waals surface area (Å²) in [5.41, 5.74) is 3.00. The number of hydrogen-bond donors (Lipinski definition) is 2. The van der Waals surface area contributed by atoms with Crippen molar-refractivity contribution in [3.05, 3.63) is 40.8 Å². The van der Waals surface area contributed by atoms with Crippen molar-refractivity contribution in [2.24, 2.45) is 11.8 Å². The van der Waals surface area contributed by atoms with Crippen LogP contribution in [0.3, 0.4) is 0 Å². The van der Waals surface area contributed by atoms with Crippen molar-refractivity contribution in [3.8, 4) is 11.1 Å². The van der Waals surface area contributed by atoms with E-state index in [2.05, 4.69) is 5.32 Å². The number of amides is 1. The monoisotopic (exact) mass is 429 g/mol. The van der Waals surface area contributed by atoms with Crippen molar-refractivity contribution in [3.63, 3.8) is 0 Å². The average molecular weight is 430 g/mol. The molecule has 0 bridgehead atoms. The Bertz CT molecular complexity index is 918. The lowest BCUT2D eigenvalue weighted by Crippen LogP contribution is -2.36. The normalized spacial score (nSPS) is 18.6. The summed E-state index contributed by atoms with van der Waals surface area (Å²) in [7, 11) is 0. The number of carboxylic acids is 1. The number of esters is 1. The van der Waals surface area contributed by atoms with Gasteiger partial charge in [-0.3, -0.25) is 9.59 Å². The van der Waals surface area contributed by atoms with Crippen LogP contribution in [0, 0.1) is 18.8 Å². The number of benzene rings is 1. The molecule has 0 radical (unpaired) electrons. The van der Waals surface area contributed by atoms with Crippen molar-refractivity contribution in [2.45, 2.75) is 46.0 Å².